The van der Waals surface area contributed by atoms with Crippen LogP contribution in [0.15, 0.2) is 59.0 Å². The monoisotopic (exact) mass is 334 g/mol. The van der Waals surface area contributed by atoms with Crippen LogP contribution in [0, 0.1) is 11.3 Å². The van der Waals surface area contributed by atoms with Crippen molar-refractivity contribution in [2.75, 3.05) is 6.61 Å². The van der Waals surface area contributed by atoms with Crippen LogP contribution in [0.3, 0.4) is 0 Å². The molecule has 1 aromatic heterocycles. The second-order valence-electron chi connectivity index (χ2n) is 6.05. The van der Waals surface area contributed by atoms with E-state index in [1.54, 1.807) is 0 Å². The van der Waals surface area contributed by atoms with Crippen LogP contribution in [-0.4, -0.2) is 6.61 Å². The zero-order chi connectivity index (χ0) is 17.5. The van der Waals surface area contributed by atoms with E-state index in [9.17, 15) is 0 Å². The molecule has 1 heterocycles. The molecule has 0 saturated carbocycles. The average molecular weight is 334 g/mol. The summed E-state index contributed by atoms with van der Waals surface area (Å²) in [7, 11) is 0. The molecule has 0 spiro atoms. The first-order valence-corrected chi connectivity index (χ1v) is 8.57. The van der Waals surface area contributed by atoms with E-state index in [1.165, 1.54) is 0 Å². The molecule has 0 aliphatic carbocycles. The number of hydrogen-bond acceptors (Lipinski definition) is 4. The Morgan fingerprint density at radius 3 is 2.88 bits per heavy atom. The number of para-hydroxylation sites is 1. The molecule has 0 amide bonds. The molecule has 25 heavy (non-hydrogen) atoms. The maximum atomic E-state index is 8.55. The Labute approximate surface area is 148 Å². The van der Waals surface area contributed by atoms with Crippen LogP contribution in [0.5, 0.6) is 5.75 Å². The molecular weight excluding hydrogens is 312 g/mol. The smallest absolute Gasteiger partial charge is 0.134 e. The quantitative estimate of drug-likeness (QED) is 0.591. The first-order chi connectivity index (χ1) is 12.3. The lowest BCUT2D eigenvalue weighted by Gasteiger charge is -2.12. The third kappa shape index (κ3) is 4.62. The van der Waals surface area contributed by atoms with Crippen molar-refractivity contribution < 1.29 is 9.15 Å². The number of furan rings is 1. The van der Waals surface area contributed by atoms with E-state index in [0.29, 0.717) is 13.0 Å². The second-order valence-corrected chi connectivity index (χ2v) is 6.05. The molecule has 1 N–H and O–H groups in total. The molecular formula is C21H22N2O2. The number of nitriles is 1. The Hall–Kier alpha value is -2.77. The lowest BCUT2D eigenvalue weighted by atomic mass is 10.2. The number of unbranched alkanes of at least 4 members (excludes halogenated alkanes) is 1. The Morgan fingerprint density at radius 2 is 2.04 bits per heavy atom. The standard InChI is InChI=1S/C21H22N2O2/c1-16(21-14-18-8-2-3-10-20(18)25-21)23-15-17-7-6-9-19(13-17)24-12-5-4-11-22/h2-3,6-10,13-14,16,23H,4-5,12,15H2,1H3. The molecule has 2 aromatic carbocycles. The fourth-order valence-electron chi connectivity index (χ4n) is 2.67. The molecule has 128 valence electrons. The summed E-state index contributed by atoms with van der Waals surface area (Å²) in [5.74, 6) is 1.78. The van der Waals surface area contributed by atoms with Gasteiger partial charge in [0.15, 0.2) is 0 Å². The summed E-state index contributed by atoms with van der Waals surface area (Å²) in [5, 5.41) is 13.2. The highest BCUT2D eigenvalue weighted by Crippen LogP contribution is 2.24. The molecule has 0 aliphatic heterocycles. The fourth-order valence-corrected chi connectivity index (χ4v) is 2.67. The molecule has 3 aromatic rings. The highest BCUT2D eigenvalue weighted by Gasteiger charge is 2.11. The molecule has 4 heteroatoms. The molecule has 0 aliphatic rings. The molecule has 3 rings (SSSR count). The van der Waals surface area contributed by atoms with E-state index < -0.39 is 0 Å². The zero-order valence-electron chi connectivity index (χ0n) is 14.4. The molecule has 0 radical (unpaired) electrons. The lowest BCUT2D eigenvalue weighted by molar-refractivity contribution is 0.312. The molecule has 1 unspecified atom stereocenters. The van der Waals surface area contributed by atoms with Gasteiger partial charge in [-0.05, 0) is 43.2 Å². The van der Waals surface area contributed by atoms with Crippen LogP contribution in [0.25, 0.3) is 11.0 Å². The summed E-state index contributed by atoms with van der Waals surface area (Å²) in [6.45, 7) is 3.40. The van der Waals surface area contributed by atoms with Gasteiger partial charge in [-0.2, -0.15) is 5.26 Å². The van der Waals surface area contributed by atoms with Crippen molar-refractivity contribution in [3.05, 3.63) is 65.9 Å². The first kappa shape index (κ1) is 17.1. The van der Waals surface area contributed by atoms with Gasteiger partial charge in [0.05, 0.1) is 18.7 Å². The lowest BCUT2D eigenvalue weighted by Crippen LogP contribution is -2.17. The summed E-state index contributed by atoms with van der Waals surface area (Å²) < 4.78 is 11.6. The van der Waals surface area contributed by atoms with Crippen molar-refractivity contribution in [3.8, 4) is 11.8 Å². The van der Waals surface area contributed by atoms with E-state index in [0.717, 1.165) is 41.0 Å². The van der Waals surface area contributed by atoms with Crippen LogP contribution in [0.2, 0.25) is 0 Å². The van der Waals surface area contributed by atoms with Crippen molar-refractivity contribution in [3.63, 3.8) is 0 Å². The highest BCUT2D eigenvalue weighted by atomic mass is 16.5. The van der Waals surface area contributed by atoms with Gasteiger partial charge in [-0.15, -0.1) is 0 Å². The predicted octanol–water partition coefficient (Wildman–Crippen LogP) is 4.97. The van der Waals surface area contributed by atoms with Gasteiger partial charge >= 0.3 is 0 Å². The van der Waals surface area contributed by atoms with Gasteiger partial charge in [0, 0.05) is 18.4 Å². The molecule has 0 saturated heterocycles. The molecule has 1 atom stereocenters. The maximum Gasteiger partial charge on any atom is 0.134 e. The van der Waals surface area contributed by atoms with Gasteiger partial charge in [0.25, 0.3) is 0 Å². The van der Waals surface area contributed by atoms with Gasteiger partial charge in [-0.3, -0.25) is 0 Å². The van der Waals surface area contributed by atoms with E-state index in [2.05, 4.69) is 36.5 Å². The topological polar surface area (TPSA) is 58.2 Å². The minimum Gasteiger partial charge on any atom is -0.494 e. The van der Waals surface area contributed by atoms with E-state index >= 15 is 0 Å². The average Bonchev–Trinajstić information content (AvgIpc) is 3.08. The van der Waals surface area contributed by atoms with Crippen LogP contribution in [-0.2, 0) is 6.54 Å². The summed E-state index contributed by atoms with van der Waals surface area (Å²) in [6.07, 6.45) is 1.28. The van der Waals surface area contributed by atoms with Gasteiger partial charge in [0.2, 0.25) is 0 Å². The number of nitrogens with one attached hydrogen (secondary N) is 1. The summed E-state index contributed by atoms with van der Waals surface area (Å²) in [4.78, 5) is 0. The Balaban J connectivity index is 1.56. The highest BCUT2D eigenvalue weighted by molar-refractivity contribution is 5.77. The SMILES string of the molecule is CC(NCc1cccc(OCCCC#N)c1)c1cc2ccccc2o1. The third-order valence-corrected chi connectivity index (χ3v) is 4.08. The minimum atomic E-state index is 0.118. The van der Waals surface area contributed by atoms with Crippen molar-refractivity contribution in [1.82, 2.24) is 5.32 Å². The number of fused-ring (bicyclic) bond motifs is 1. The van der Waals surface area contributed by atoms with Gasteiger partial charge in [-0.25, -0.2) is 0 Å². The predicted molar refractivity (Wildman–Crippen MR) is 98.3 cm³/mol. The van der Waals surface area contributed by atoms with Gasteiger partial charge < -0.3 is 14.5 Å². The van der Waals surface area contributed by atoms with Crippen molar-refractivity contribution in [2.24, 2.45) is 0 Å². The van der Waals surface area contributed by atoms with Gasteiger partial charge in [0.1, 0.15) is 17.1 Å². The molecule has 0 fully saturated rings. The van der Waals surface area contributed by atoms with E-state index in [1.807, 2.05) is 36.4 Å². The van der Waals surface area contributed by atoms with E-state index in [4.69, 9.17) is 14.4 Å². The number of benzene rings is 2. The molecule has 4 nitrogen and oxygen atoms in total. The number of hydrogen-bond donors (Lipinski definition) is 1. The number of nitrogens with zero attached hydrogens (tertiary/aromatic N) is 1. The zero-order valence-corrected chi connectivity index (χ0v) is 14.4. The Kier molecular flexibility index (Phi) is 5.71. The van der Waals surface area contributed by atoms with Crippen LogP contribution in [0.4, 0.5) is 0 Å². The van der Waals surface area contributed by atoms with Crippen LogP contribution < -0.4 is 10.1 Å². The first-order valence-electron chi connectivity index (χ1n) is 8.57. The van der Waals surface area contributed by atoms with Crippen molar-refractivity contribution >= 4 is 11.0 Å². The number of ether oxygens (including phenoxy) is 1. The van der Waals surface area contributed by atoms with Crippen molar-refractivity contribution in [2.45, 2.75) is 32.4 Å². The fraction of sp³-hybridized carbons (Fsp3) is 0.286. The maximum absolute atomic E-state index is 8.55. The normalized spacial score (nSPS) is 12.0. The summed E-state index contributed by atoms with van der Waals surface area (Å²) in [5.41, 5.74) is 2.07. The van der Waals surface area contributed by atoms with Crippen molar-refractivity contribution in [1.29, 1.82) is 5.26 Å². The molecule has 0 bridgehead atoms. The summed E-state index contributed by atoms with van der Waals surface area (Å²) in [6, 6.07) is 20.4. The summed E-state index contributed by atoms with van der Waals surface area (Å²) >= 11 is 0. The largest absolute Gasteiger partial charge is 0.494 e. The Morgan fingerprint density at radius 1 is 1.16 bits per heavy atom. The second kappa shape index (κ2) is 8.36. The Bertz CT molecular complexity index is 830. The number of rotatable bonds is 8. The third-order valence-electron chi connectivity index (χ3n) is 4.08. The van der Waals surface area contributed by atoms with Crippen LogP contribution in [0.1, 0.15) is 37.1 Å². The van der Waals surface area contributed by atoms with Crippen LogP contribution >= 0.6 is 0 Å². The van der Waals surface area contributed by atoms with E-state index in [-0.39, 0.29) is 6.04 Å². The van der Waals surface area contributed by atoms with Gasteiger partial charge in [-0.1, -0.05) is 30.3 Å². The minimum absolute atomic E-state index is 0.118.